The summed E-state index contributed by atoms with van der Waals surface area (Å²) < 4.78 is 19.6. The molecule has 0 atom stereocenters. The lowest BCUT2D eigenvalue weighted by molar-refractivity contribution is 0.245. The largest absolute Gasteiger partial charge is 0.495 e. The van der Waals surface area contributed by atoms with Crippen LogP contribution in [-0.2, 0) is 10.3 Å². The van der Waals surface area contributed by atoms with Crippen LogP contribution in [0.1, 0.15) is 24.8 Å². The third-order valence-electron chi connectivity index (χ3n) is 3.43. The van der Waals surface area contributed by atoms with Crippen molar-refractivity contribution in [1.82, 2.24) is 0 Å². The number of methoxy groups -OCH3 is 1. The summed E-state index contributed by atoms with van der Waals surface area (Å²) in [6, 6.07) is 3.39. The molecule has 0 heterocycles. The number of halogens is 1. The number of thioether (sulfide) groups is 1. The van der Waals surface area contributed by atoms with Crippen LogP contribution in [0.15, 0.2) is 22.0 Å². The molecule has 2 rings (SSSR count). The molecule has 96 valence electrons. The SMILES string of the molecule is COc1ccc(C2(N=C=O)CCC2)c(F)c1SC. The van der Waals surface area contributed by atoms with Crippen LogP contribution in [0.5, 0.6) is 5.75 Å². The van der Waals surface area contributed by atoms with Gasteiger partial charge in [-0.25, -0.2) is 9.18 Å². The first-order valence-corrected chi connectivity index (χ1v) is 6.91. The quantitative estimate of drug-likeness (QED) is 0.477. The Kier molecular flexibility index (Phi) is 3.73. The van der Waals surface area contributed by atoms with Crippen molar-refractivity contribution in [2.75, 3.05) is 13.4 Å². The van der Waals surface area contributed by atoms with Gasteiger partial charge in [0.05, 0.1) is 12.0 Å². The molecule has 1 aliphatic carbocycles. The van der Waals surface area contributed by atoms with E-state index in [9.17, 15) is 9.18 Å². The van der Waals surface area contributed by atoms with Gasteiger partial charge in [-0.2, -0.15) is 4.99 Å². The molecule has 18 heavy (non-hydrogen) atoms. The molecule has 0 bridgehead atoms. The minimum Gasteiger partial charge on any atom is -0.495 e. The van der Waals surface area contributed by atoms with E-state index in [-0.39, 0.29) is 5.82 Å². The molecule has 1 fully saturated rings. The van der Waals surface area contributed by atoms with Crippen LogP contribution in [0.3, 0.4) is 0 Å². The van der Waals surface area contributed by atoms with Crippen molar-refractivity contribution in [2.45, 2.75) is 29.7 Å². The number of isocyanates is 1. The maximum atomic E-state index is 14.5. The molecule has 0 saturated heterocycles. The number of hydrogen-bond acceptors (Lipinski definition) is 4. The zero-order chi connectivity index (χ0) is 13.2. The van der Waals surface area contributed by atoms with E-state index in [2.05, 4.69) is 4.99 Å². The predicted octanol–water partition coefficient (Wildman–Crippen LogP) is 3.27. The first-order valence-electron chi connectivity index (χ1n) is 5.68. The van der Waals surface area contributed by atoms with Gasteiger partial charge in [0.15, 0.2) is 0 Å². The first-order chi connectivity index (χ1) is 8.68. The number of hydrogen-bond donors (Lipinski definition) is 0. The van der Waals surface area contributed by atoms with Gasteiger partial charge in [0, 0.05) is 5.56 Å². The van der Waals surface area contributed by atoms with E-state index in [1.54, 1.807) is 24.5 Å². The third kappa shape index (κ3) is 1.93. The van der Waals surface area contributed by atoms with Gasteiger partial charge in [-0.05, 0) is 37.7 Å². The second-order valence-electron chi connectivity index (χ2n) is 4.25. The van der Waals surface area contributed by atoms with E-state index in [0.29, 0.717) is 29.1 Å². The molecular formula is C13H14FNO2S. The second kappa shape index (κ2) is 5.12. The molecule has 1 aliphatic rings. The van der Waals surface area contributed by atoms with E-state index in [4.69, 9.17) is 4.74 Å². The Labute approximate surface area is 109 Å². The van der Waals surface area contributed by atoms with E-state index in [0.717, 1.165) is 6.42 Å². The minimum absolute atomic E-state index is 0.333. The average Bonchev–Trinajstić information content (AvgIpc) is 2.34. The van der Waals surface area contributed by atoms with Crippen molar-refractivity contribution < 1.29 is 13.9 Å². The van der Waals surface area contributed by atoms with Gasteiger partial charge >= 0.3 is 0 Å². The number of ether oxygens (including phenoxy) is 1. The summed E-state index contributed by atoms with van der Waals surface area (Å²) in [4.78, 5) is 14.8. The Morgan fingerprint density at radius 3 is 2.67 bits per heavy atom. The van der Waals surface area contributed by atoms with Gasteiger partial charge in [-0.15, -0.1) is 11.8 Å². The normalized spacial score (nSPS) is 16.6. The Morgan fingerprint density at radius 2 is 2.22 bits per heavy atom. The van der Waals surface area contributed by atoms with Gasteiger partial charge in [0.25, 0.3) is 0 Å². The monoisotopic (exact) mass is 267 g/mol. The Morgan fingerprint density at radius 1 is 1.50 bits per heavy atom. The number of nitrogens with zero attached hydrogens (tertiary/aromatic N) is 1. The highest BCUT2D eigenvalue weighted by molar-refractivity contribution is 7.98. The lowest BCUT2D eigenvalue weighted by Gasteiger charge is -2.37. The van der Waals surface area contributed by atoms with Crippen molar-refractivity contribution in [3.8, 4) is 5.75 Å². The molecule has 0 amide bonds. The molecule has 3 nitrogen and oxygen atoms in total. The Bertz CT molecular complexity index is 508. The van der Waals surface area contributed by atoms with Crippen molar-refractivity contribution in [2.24, 2.45) is 4.99 Å². The predicted molar refractivity (Wildman–Crippen MR) is 68.4 cm³/mol. The Balaban J connectivity index is 2.55. The fourth-order valence-electron chi connectivity index (χ4n) is 2.29. The topological polar surface area (TPSA) is 38.7 Å². The smallest absolute Gasteiger partial charge is 0.235 e. The molecule has 0 aliphatic heterocycles. The van der Waals surface area contributed by atoms with Crippen LogP contribution in [0, 0.1) is 5.82 Å². The number of aliphatic imine (C=N–C) groups is 1. The molecule has 1 saturated carbocycles. The fraction of sp³-hybridized carbons (Fsp3) is 0.462. The lowest BCUT2D eigenvalue weighted by atomic mass is 9.72. The van der Waals surface area contributed by atoms with Crippen LogP contribution in [0.4, 0.5) is 4.39 Å². The number of rotatable bonds is 4. The molecule has 1 aromatic carbocycles. The summed E-state index contributed by atoms with van der Waals surface area (Å²) in [6.45, 7) is 0. The lowest BCUT2D eigenvalue weighted by Crippen LogP contribution is -2.33. The molecule has 0 aromatic heterocycles. The van der Waals surface area contributed by atoms with E-state index in [1.165, 1.54) is 18.9 Å². The van der Waals surface area contributed by atoms with E-state index in [1.807, 2.05) is 0 Å². The number of carbonyl (C=O) groups excluding carboxylic acids is 1. The molecule has 1 aromatic rings. The van der Waals surface area contributed by atoms with Crippen LogP contribution < -0.4 is 4.74 Å². The summed E-state index contributed by atoms with van der Waals surface area (Å²) in [7, 11) is 1.51. The molecular weight excluding hydrogens is 253 g/mol. The summed E-state index contributed by atoms with van der Waals surface area (Å²) in [5.74, 6) is 0.175. The second-order valence-corrected chi connectivity index (χ2v) is 5.07. The van der Waals surface area contributed by atoms with Crippen molar-refractivity contribution >= 4 is 17.8 Å². The standard InChI is InChI=1S/C13H14FNO2S/c1-17-10-5-4-9(11(14)12(10)18-2)13(15-8-16)6-3-7-13/h4-5H,3,6-7H2,1-2H3. The summed E-state index contributed by atoms with van der Waals surface area (Å²) in [6.07, 6.45) is 5.70. The van der Waals surface area contributed by atoms with E-state index < -0.39 is 5.54 Å². The zero-order valence-electron chi connectivity index (χ0n) is 10.3. The van der Waals surface area contributed by atoms with Crippen LogP contribution >= 0.6 is 11.8 Å². The maximum Gasteiger partial charge on any atom is 0.235 e. The molecule has 0 radical (unpaired) electrons. The first kappa shape index (κ1) is 13.1. The van der Waals surface area contributed by atoms with E-state index >= 15 is 0 Å². The highest BCUT2D eigenvalue weighted by Gasteiger charge is 2.41. The minimum atomic E-state index is -0.706. The average molecular weight is 267 g/mol. The van der Waals surface area contributed by atoms with Gasteiger partial charge in [0.2, 0.25) is 6.08 Å². The van der Waals surface area contributed by atoms with Gasteiger partial charge in [0.1, 0.15) is 17.1 Å². The summed E-state index contributed by atoms with van der Waals surface area (Å²) >= 11 is 1.29. The molecule has 5 heteroatoms. The molecule has 0 N–H and O–H groups in total. The van der Waals surface area contributed by atoms with Crippen LogP contribution in [0.2, 0.25) is 0 Å². The van der Waals surface area contributed by atoms with Gasteiger partial charge in [-0.3, -0.25) is 0 Å². The van der Waals surface area contributed by atoms with Gasteiger partial charge < -0.3 is 4.74 Å². The van der Waals surface area contributed by atoms with Crippen LogP contribution in [-0.4, -0.2) is 19.4 Å². The highest BCUT2D eigenvalue weighted by Crippen LogP contribution is 2.48. The molecule has 0 unspecified atom stereocenters. The molecule has 0 spiro atoms. The Hall–Kier alpha value is -1.32. The van der Waals surface area contributed by atoms with Gasteiger partial charge in [-0.1, -0.05) is 0 Å². The summed E-state index contributed by atoms with van der Waals surface area (Å²) in [5, 5.41) is 0. The number of benzene rings is 1. The van der Waals surface area contributed by atoms with Crippen molar-refractivity contribution in [3.05, 3.63) is 23.5 Å². The maximum absolute atomic E-state index is 14.5. The van der Waals surface area contributed by atoms with Crippen molar-refractivity contribution in [3.63, 3.8) is 0 Å². The highest BCUT2D eigenvalue weighted by atomic mass is 32.2. The summed E-state index contributed by atoms with van der Waals surface area (Å²) in [5.41, 5.74) is -0.231. The third-order valence-corrected chi connectivity index (χ3v) is 4.22. The van der Waals surface area contributed by atoms with Crippen molar-refractivity contribution in [1.29, 1.82) is 0 Å². The van der Waals surface area contributed by atoms with Crippen LogP contribution in [0.25, 0.3) is 0 Å². The fourth-order valence-corrected chi connectivity index (χ4v) is 2.93. The zero-order valence-corrected chi connectivity index (χ0v) is 11.1.